The third-order valence-electron chi connectivity index (χ3n) is 5.59. The molecule has 2 aliphatic rings. The van der Waals surface area contributed by atoms with Gasteiger partial charge in [-0.05, 0) is 69.8 Å². The highest BCUT2D eigenvalue weighted by atomic mass is 15.2. The van der Waals surface area contributed by atoms with Gasteiger partial charge >= 0.3 is 0 Å². The Kier molecular flexibility index (Phi) is 3.87. The fraction of sp³-hybridized carbons (Fsp3) is 0.667. The number of hydrogen-bond acceptors (Lipinski definition) is 3. The molecule has 3 heterocycles. The highest BCUT2D eigenvalue weighted by Crippen LogP contribution is 2.36. The molecule has 118 valence electrons. The first-order chi connectivity index (χ1) is 10.8. The molecule has 22 heavy (non-hydrogen) atoms. The van der Waals surface area contributed by atoms with Gasteiger partial charge in [0.15, 0.2) is 5.65 Å². The van der Waals surface area contributed by atoms with Crippen LogP contribution in [0.1, 0.15) is 50.9 Å². The Hall–Kier alpha value is -1.42. The van der Waals surface area contributed by atoms with Gasteiger partial charge in [-0.15, -0.1) is 0 Å². The van der Waals surface area contributed by atoms with Crippen molar-refractivity contribution in [3.05, 3.63) is 24.2 Å². The standard InChI is InChI=1S/C18H26N4/c1-2-21-11-8-14(9-12-21)13-17-20-16-7-4-10-19-18(16)22(17)15-5-3-6-15/h4,7,10,14-15H,2-3,5-6,8-9,11-13H2,1H3. The minimum Gasteiger partial charge on any atom is -0.310 e. The molecule has 2 aromatic rings. The molecule has 0 aromatic carbocycles. The van der Waals surface area contributed by atoms with Crippen molar-refractivity contribution in [2.75, 3.05) is 19.6 Å². The minimum atomic E-state index is 0.644. The van der Waals surface area contributed by atoms with E-state index in [1.165, 1.54) is 57.6 Å². The molecule has 4 heteroatoms. The van der Waals surface area contributed by atoms with Crippen LogP contribution in [0.15, 0.2) is 18.3 Å². The van der Waals surface area contributed by atoms with Gasteiger partial charge in [-0.3, -0.25) is 0 Å². The molecule has 0 radical (unpaired) electrons. The lowest BCUT2D eigenvalue weighted by molar-refractivity contribution is 0.188. The maximum Gasteiger partial charge on any atom is 0.160 e. The van der Waals surface area contributed by atoms with E-state index in [0.717, 1.165) is 23.5 Å². The van der Waals surface area contributed by atoms with Crippen LogP contribution in [-0.2, 0) is 6.42 Å². The second-order valence-electron chi connectivity index (χ2n) is 6.91. The van der Waals surface area contributed by atoms with E-state index in [1.807, 2.05) is 12.3 Å². The summed E-state index contributed by atoms with van der Waals surface area (Å²) in [6.07, 6.45) is 9.61. The Morgan fingerprint density at radius 2 is 2.00 bits per heavy atom. The first-order valence-electron chi connectivity index (χ1n) is 8.89. The highest BCUT2D eigenvalue weighted by molar-refractivity contribution is 5.71. The molecule has 2 aromatic heterocycles. The number of imidazole rings is 1. The van der Waals surface area contributed by atoms with Crippen LogP contribution in [0.3, 0.4) is 0 Å². The van der Waals surface area contributed by atoms with E-state index in [0.29, 0.717) is 6.04 Å². The average molecular weight is 298 g/mol. The summed E-state index contributed by atoms with van der Waals surface area (Å²) in [6, 6.07) is 4.76. The lowest BCUT2D eigenvalue weighted by Crippen LogP contribution is -2.34. The topological polar surface area (TPSA) is 34.0 Å². The SMILES string of the molecule is CCN1CCC(Cc2nc3cccnc3n2C2CCC2)CC1. The summed E-state index contributed by atoms with van der Waals surface area (Å²) < 4.78 is 2.46. The molecule has 0 amide bonds. The summed E-state index contributed by atoms with van der Waals surface area (Å²) in [5.74, 6) is 2.08. The number of nitrogens with zero attached hydrogens (tertiary/aromatic N) is 4. The summed E-state index contributed by atoms with van der Waals surface area (Å²) in [5, 5.41) is 0. The normalized spacial score (nSPS) is 21.3. The van der Waals surface area contributed by atoms with Gasteiger partial charge in [0.25, 0.3) is 0 Å². The Balaban J connectivity index is 1.58. The van der Waals surface area contributed by atoms with Gasteiger partial charge in [-0.2, -0.15) is 0 Å². The number of hydrogen-bond donors (Lipinski definition) is 0. The van der Waals surface area contributed by atoms with E-state index in [-0.39, 0.29) is 0 Å². The second-order valence-corrected chi connectivity index (χ2v) is 6.91. The molecule has 1 saturated heterocycles. The first-order valence-corrected chi connectivity index (χ1v) is 8.89. The molecule has 4 nitrogen and oxygen atoms in total. The zero-order valence-electron chi connectivity index (χ0n) is 13.5. The van der Waals surface area contributed by atoms with Crippen molar-refractivity contribution in [1.29, 1.82) is 0 Å². The largest absolute Gasteiger partial charge is 0.310 e. The number of rotatable bonds is 4. The van der Waals surface area contributed by atoms with Crippen molar-refractivity contribution in [2.45, 2.75) is 51.5 Å². The quantitative estimate of drug-likeness (QED) is 0.867. The van der Waals surface area contributed by atoms with Gasteiger partial charge in [0.1, 0.15) is 11.3 Å². The van der Waals surface area contributed by atoms with Crippen molar-refractivity contribution < 1.29 is 0 Å². The molecule has 0 N–H and O–H groups in total. The third-order valence-corrected chi connectivity index (χ3v) is 5.59. The molecule has 0 atom stereocenters. The Labute approximate surface area is 132 Å². The molecule has 0 spiro atoms. The van der Waals surface area contributed by atoms with Crippen LogP contribution in [0.5, 0.6) is 0 Å². The van der Waals surface area contributed by atoms with Gasteiger partial charge < -0.3 is 9.47 Å². The maximum absolute atomic E-state index is 4.94. The number of piperidine rings is 1. The Morgan fingerprint density at radius 1 is 1.18 bits per heavy atom. The summed E-state index contributed by atoms with van der Waals surface area (Å²) in [5.41, 5.74) is 2.18. The van der Waals surface area contributed by atoms with Crippen LogP contribution >= 0.6 is 0 Å². The third kappa shape index (κ3) is 2.54. The monoisotopic (exact) mass is 298 g/mol. The van der Waals surface area contributed by atoms with E-state index >= 15 is 0 Å². The Bertz CT molecular complexity index is 636. The van der Waals surface area contributed by atoms with E-state index in [4.69, 9.17) is 4.98 Å². The molecular formula is C18H26N4. The zero-order valence-corrected chi connectivity index (χ0v) is 13.5. The van der Waals surface area contributed by atoms with Crippen LogP contribution in [0.4, 0.5) is 0 Å². The van der Waals surface area contributed by atoms with Crippen LogP contribution in [0.2, 0.25) is 0 Å². The van der Waals surface area contributed by atoms with Crippen LogP contribution < -0.4 is 0 Å². The molecule has 4 rings (SSSR count). The van der Waals surface area contributed by atoms with E-state index in [1.54, 1.807) is 0 Å². The molecule has 0 unspecified atom stereocenters. The zero-order chi connectivity index (χ0) is 14.9. The minimum absolute atomic E-state index is 0.644. The molecule has 1 aliphatic heterocycles. The van der Waals surface area contributed by atoms with Crippen molar-refractivity contribution in [3.8, 4) is 0 Å². The van der Waals surface area contributed by atoms with Crippen molar-refractivity contribution >= 4 is 11.2 Å². The molecule has 2 fully saturated rings. The lowest BCUT2D eigenvalue weighted by Gasteiger charge is -2.32. The number of pyridine rings is 1. The van der Waals surface area contributed by atoms with Gasteiger partial charge in [-0.25, -0.2) is 9.97 Å². The Morgan fingerprint density at radius 3 is 2.68 bits per heavy atom. The molecule has 1 aliphatic carbocycles. The smallest absolute Gasteiger partial charge is 0.160 e. The molecular weight excluding hydrogens is 272 g/mol. The number of likely N-dealkylation sites (tertiary alicyclic amines) is 1. The van der Waals surface area contributed by atoms with Crippen molar-refractivity contribution in [2.24, 2.45) is 5.92 Å². The first kappa shape index (κ1) is 14.2. The van der Waals surface area contributed by atoms with Gasteiger partial charge in [0, 0.05) is 18.7 Å². The van der Waals surface area contributed by atoms with Crippen LogP contribution in [-0.4, -0.2) is 39.1 Å². The van der Waals surface area contributed by atoms with E-state index in [9.17, 15) is 0 Å². The second kappa shape index (κ2) is 5.99. The fourth-order valence-corrected chi connectivity index (χ4v) is 3.91. The molecule has 0 bridgehead atoms. The number of fused-ring (bicyclic) bond motifs is 1. The van der Waals surface area contributed by atoms with Crippen LogP contribution in [0, 0.1) is 5.92 Å². The summed E-state index contributed by atoms with van der Waals surface area (Å²) in [7, 11) is 0. The van der Waals surface area contributed by atoms with E-state index in [2.05, 4.69) is 27.4 Å². The van der Waals surface area contributed by atoms with Gasteiger partial charge in [0.2, 0.25) is 0 Å². The van der Waals surface area contributed by atoms with Crippen LogP contribution in [0.25, 0.3) is 11.2 Å². The summed E-state index contributed by atoms with van der Waals surface area (Å²) in [6.45, 7) is 5.96. The average Bonchev–Trinajstić information content (AvgIpc) is 2.85. The fourth-order valence-electron chi connectivity index (χ4n) is 3.91. The lowest BCUT2D eigenvalue weighted by atomic mass is 9.90. The van der Waals surface area contributed by atoms with Crippen molar-refractivity contribution in [1.82, 2.24) is 19.4 Å². The summed E-state index contributed by atoms with van der Waals surface area (Å²) >= 11 is 0. The summed E-state index contributed by atoms with van der Waals surface area (Å²) in [4.78, 5) is 12.1. The number of aromatic nitrogens is 3. The predicted molar refractivity (Wildman–Crippen MR) is 89.0 cm³/mol. The highest BCUT2D eigenvalue weighted by Gasteiger charge is 2.27. The maximum atomic E-state index is 4.94. The van der Waals surface area contributed by atoms with Gasteiger partial charge in [0.05, 0.1) is 0 Å². The van der Waals surface area contributed by atoms with Gasteiger partial charge in [-0.1, -0.05) is 6.92 Å². The molecule has 1 saturated carbocycles. The predicted octanol–water partition coefficient (Wildman–Crippen LogP) is 3.43. The van der Waals surface area contributed by atoms with Crippen molar-refractivity contribution in [3.63, 3.8) is 0 Å². The van der Waals surface area contributed by atoms with E-state index < -0.39 is 0 Å².